The third kappa shape index (κ3) is 3.10. The van der Waals surface area contributed by atoms with E-state index in [2.05, 4.69) is 53.1 Å². The van der Waals surface area contributed by atoms with Gasteiger partial charge in [0.25, 0.3) is 0 Å². The molecule has 92 valence electrons. The SMILES string of the molecule is Cc1ccsc1Cn1nnnc1CNC(C)C. The molecule has 0 fully saturated rings. The summed E-state index contributed by atoms with van der Waals surface area (Å²) in [4.78, 5) is 1.31. The molecule has 2 heterocycles. The van der Waals surface area contributed by atoms with Crippen molar-refractivity contribution in [3.8, 4) is 0 Å². The summed E-state index contributed by atoms with van der Waals surface area (Å²) in [5.74, 6) is 0.881. The molecular weight excluding hydrogens is 234 g/mol. The minimum Gasteiger partial charge on any atom is -0.308 e. The Balaban J connectivity index is 2.06. The predicted octanol–water partition coefficient (Wildman–Crippen LogP) is 1.59. The molecule has 0 spiro atoms. The lowest BCUT2D eigenvalue weighted by Gasteiger charge is -2.08. The molecule has 2 aromatic rings. The summed E-state index contributed by atoms with van der Waals surface area (Å²) in [5, 5.41) is 17.2. The molecule has 0 atom stereocenters. The zero-order valence-electron chi connectivity index (χ0n) is 10.3. The molecule has 0 saturated heterocycles. The summed E-state index contributed by atoms with van der Waals surface area (Å²) in [6.45, 7) is 7.79. The normalized spacial score (nSPS) is 11.3. The lowest BCUT2D eigenvalue weighted by atomic mass is 10.3. The van der Waals surface area contributed by atoms with Gasteiger partial charge in [0.05, 0.1) is 13.1 Å². The van der Waals surface area contributed by atoms with Gasteiger partial charge in [-0.3, -0.25) is 0 Å². The van der Waals surface area contributed by atoms with E-state index in [1.54, 1.807) is 11.3 Å². The van der Waals surface area contributed by atoms with Crippen molar-refractivity contribution >= 4 is 11.3 Å². The van der Waals surface area contributed by atoms with E-state index in [1.807, 2.05) is 4.68 Å². The van der Waals surface area contributed by atoms with Gasteiger partial charge in [0.1, 0.15) is 0 Å². The van der Waals surface area contributed by atoms with Gasteiger partial charge >= 0.3 is 0 Å². The molecule has 2 aromatic heterocycles. The average Bonchev–Trinajstić information content (AvgIpc) is 2.87. The van der Waals surface area contributed by atoms with Crippen LogP contribution in [0.4, 0.5) is 0 Å². The van der Waals surface area contributed by atoms with Gasteiger partial charge in [-0.2, -0.15) is 0 Å². The number of rotatable bonds is 5. The second-order valence-electron chi connectivity index (χ2n) is 4.32. The molecular formula is C11H17N5S. The van der Waals surface area contributed by atoms with Crippen LogP contribution in [-0.2, 0) is 13.1 Å². The fourth-order valence-electron chi connectivity index (χ4n) is 1.47. The molecule has 6 heteroatoms. The first kappa shape index (κ1) is 12.2. The highest BCUT2D eigenvalue weighted by Gasteiger charge is 2.09. The summed E-state index contributed by atoms with van der Waals surface area (Å²) >= 11 is 1.74. The van der Waals surface area contributed by atoms with Crippen molar-refractivity contribution in [2.45, 2.75) is 39.9 Å². The van der Waals surface area contributed by atoms with Crippen molar-refractivity contribution in [3.05, 3.63) is 27.7 Å². The molecule has 0 radical (unpaired) electrons. The molecule has 0 unspecified atom stereocenters. The second kappa shape index (κ2) is 5.37. The molecule has 0 aliphatic rings. The molecule has 0 saturated carbocycles. The van der Waals surface area contributed by atoms with Crippen LogP contribution in [0.3, 0.4) is 0 Å². The summed E-state index contributed by atoms with van der Waals surface area (Å²) in [5.41, 5.74) is 1.30. The Kier molecular flexibility index (Phi) is 3.86. The van der Waals surface area contributed by atoms with Crippen molar-refractivity contribution < 1.29 is 0 Å². The van der Waals surface area contributed by atoms with Gasteiger partial charge in [0.15, 0.2) is 5.82 Å². The fraction of sp³-hybridized carbons (Fsp3) is 0.545. The van der Waals surface area contributed by atoms with E-state index in [9.17, 15) is 0 Å². The van der Waals surface area contributed by atoms with E-state index in [4.69, 9.17) is 0 Å². The summed E-state index contributed by atoms with van der Waals surface area (Å²) in [6.07, 6.45) is 0. The molecule has 2 rings (SSSR count). The van der Waals surface area contributed by atoms with E-state index in [-0.39, 0.29) is 0 Å². The lowest BCUT2D eigenvalue weighted by molar-refractivity contribution is 0.538. The largest absolute Gasteiger partial charge is 0.308 e. The number of hydrogen-bond acceptors (Lipinski definition) is 5. The molecule has 0 aliphatic heterocycles. The van der Waals surface area contributed by atoms with Crippen LogP contribution in [0.15, 0.2) is 11.4 Å². The monoisotopic (exact) mass is 251 g/mol. The first-order valence-corrected chi connectivity index (χ1v) is 6.56. The molecule has 1 N–H and O–H groups in total. The van der Waals surface area contributed by atoms with Gasteiger partial charge in [0, 0.05) is 10.9 Å². The maximum absolute atomic E-state index is 4.04. The Morgan fingerprint density at radius 3 is 2.94 bits per heavy atom. The Bertz CT molecular complexity index is 474. The number of hydrogen-bond donors (Lipinski definition) is 1. The zero-order valence-corrected chi connectivity index (χ0v) is 11.2. The lowest BCUT2D eigenvalue weighted by Crippen LogP contribution is -2.24. The third-order valence-electron chi connectivity index (χ3n) is 2.54. The second-order valence-corrected chi connectivity index (χ2v) is 5.32. The van der Waals surface area contributed by atoms with Gasteiger partial charge in [-0.15, -0.1) is 16.4 Å². The number of nitrogens with one attached hydrogen (secondary N) is 1. The summed E-state index contributed by atoms with van der Waals surface area (Å²) in [7, 11) is 0. The van der Waals surface area contributed by atoms with Gasteiger partial charge in [-0.05, 0) is 34.4 Å². The molecule has 0 bridgehead atoms. The standard InChI is InChI=1S/C11H17N5S/c1-8(2)12-6-11-13-14-15-16(11)7-10-9(3)4-5-17-10/h4-5,8,12H,6-7H2,1-3H3. The smallest absolute Gasteiger partial charge is 0.165 e. The predicted molar refractivity (Wildman–Crippen MR) is 68.0 cm³/mol. The molecule has 0 aliphatic carbocycles. The maximum atomic E-state index is 4.04. The van der Waals surface area contributed by atoms with Crippen LogP contribution < -0.4 is 5.32 Å². The molecule has 5 nitrogen and oxygen atoms in total. The summed E-state index contributed by atoms with van der Waals surface area (Å²) in [6, 6.07) is 2.56. The van der Waals surface area contributed by atoms with Gasteiger partial charge < -0.3 is 5.32 Å². The highest BCUT2D eigenvalue weighted by molar-refractivity contribution is 7.10. The van der Waals surface area contributed by atoms with Crippen LogP contribution >= 0.6 is 11.3 Å². The Hall–Kier alpha value is -1.27. The van der Waals surface area contributed by atoms with Crippen LogP contribution in [0.2, 0.25) is 0 Å². The quantitative estimate of drug-likeness (QED) is 0.876. The molecule has 17 heavy (non-hydrogen) atoms. The summed E-state index contributed by atoms with van der Waals surface area (Å²) < 4.78 is 1.86. The third-order valence-corrected chi connectivity index (χ3v) is 3.54. The van der Waals surface area contributed by atoms with Crippen LogP contribution in [-0.4, -0.2) is 26.2 Å². The number of thiophene rings is 1. The average molecular weight is 251 g/mol. The van der Waals surface area contributed by atoms with Crippen LogP contribution in [0.1, 0.15) is 30.1 Å². The van der Waals surface area contributed by atoms with E-state index in [1.165, 1.54) is 10.4 Å². The van der Waals surface area contributed by atoms with Crippen LogP contribution in [0, 0.1) is 6.92 Å². The van der Waals surface area contributed by atoms with Crippen molar-refractivity contribution in [1.82, 2.24) is 25.5 Å². The van der Waals surface area contributed by atoms with Crippen molar-refractivity contribution in [1.29, 1.82) is 0 Å². The Morgan fingerprint density at radius 1 is 1.47 bits per heavy atom. The van der Waals surface area contributed by atoms with E-state index >= 15 is 0 Å². The topological polar surface area (TPSA) is 55.6 Å². The van der Waals surface area contributed by atoms with E-state index in [0.717, 1.165) is 12.4 Å². The van der Waals surface area contributed by atoms with Gasteiger partial charge in [-0.25, -0.2) is 4.68 Å². The first-order chi connectivity index (χ1) is 8.16. The van der Waals surface area contributed by atoms with Gasteiger partial charge in [0.2, 0.25) is 0 Å². The zero-order chi connectivity index (χ0) is 12.3. The van der Waals surface area contributed by atoms with Crippen molar-refractivity contribution in [2.24, 2.45) is 0 Å². The highest BCUT2D eigenvalue weighted by Crippen LogP contribution is 2.16. The maximum Gasteiger partial charge on any atom is 0.165 e. The molecule has 0 amide bonds. The Labute approximate surface area is 105 Å². The number of nitrogens with zero attached hydrogens (tertiary/aromatic N) is 4. The van der Waals surface area contributed by atoms with E-state index < -0.39 is 0 Å². The number of tetrazole rings is 1. The molecule has 0 aromatic carbocycles. The first-order valence-electron chi connectivity index (χ1n) is 5.68. The van der Waals surface area contributed by atoms with Crippen LogP contribution in [0.25, 0.3) is 0 Å². The minimum absolute atomic E-state index is 0.434. The van der Waals surface area contributed by atoms with Gasteiger partial charge in [-0.1, -0.05) is 13.8 Å². The van der Waals surface area contributed by atoms with Crippen LogP contribution in [0.5, 0.6) is 0 Å². The van der Waals surface area contributed by atoms with E-state index in [0.29, 0.717) is 12.6 Å². The van der Waals surface area contributed by atoms with Crippen molar-refractivity contribution in [2.75, 3.05) is 0 Å². The van der Waals surface area contributed by atoms with Crippen molar-refractivity contribution in [3.63, 3.8) is 0 Å². The number of aromatic nitrogens is 4. The fourth-order valence-corrected chi connectivity index (χ4v) is 2.36. The Morgan fingerprint density at radius 2 is 2.29 bits per heavy atom. The highest BCUT2D eigenvalue weighted by atomic mass is 32.1. The minimum atomic E-state index is 0.434. The number of aryl methyl sites for hydroxylation is 1.